The van der Waals surface area contributed by atoms with Crippen LogP contribution in [0, 0.1) is 0 Å². The van der Waals surface area contributed by atoms with Gasteiger partial charge in [0, 0.05) is 30.7 Å². The van der Waals surface area contributed by atoms with Crippen LogP contribution in [0.25, 0.3) is 0 Å². The molecular formula is C20H27N5O. The maximum Gasteiger partial charge on any atom is 0.250 e. The van der Waals surface area contributed by atoms with Crippen LogP contribution in [0.5, 0.6) is 0 Å². The fourth-order valence-electron chi connectivity index (χ4n) is 3.77. The summed E-state index contributed by atoms with van der Waals surface area (Å²) in [6.45, 7) is 9.12. The third kappa shape index (κ3) is 3.09. The lowest BCUT2D eigenvalue weighted by atomic mass is 9.84. The maximum absolute atomic E-state index is 12.7. The Labute approximate surface area is 154 Å². The molecule has 0 saturated carbocycles. The number of rotatable bonds is 2. The van der Waals surface area contributed by atoms with Crippen LogP contribution in [0.3, 0.4) is 0 Å². The second kappa shape index (κ2) is 6.13. The molecule has 0 unspecified atom stereocenters. The minimum Gasteiger partial charge on any atom is -0.369 e. The first kappa shape index (κ1) is 17.1. The van der Waals surface area contributed by atoms with Crippen LogP contribution in [0.2, 0.25) is 0 Å². The molecule has 2 aromatic rings. The molecule has 1 spiro atoms. The third-order valence-corrected chi connectivity index (χ3v) is 5.49. The van der Waals surface area contributed by atoms with Crippen molar-refractivity contribution >= 4 is 17.3 Å². The van der Waals surface area contributed by atoms with E-state index < -0.39 is 5.54 Å². The van der Waals surface area contributed by atoms with Crippen LogP contribution in [0.1, 0.15) is 45.0 Å². The molecule has 1 saturated heterocycles. The number of piperidine rings is 1. The van der Waals surface area contributed by atoms with Crippen LogP contribution < -0.4 is 10.6 Å². The predicted molar refractivity (Wildman–Crippen MR) is 103 cm³/mol. The minimum atomic E-state index is -0.491. The van der Waals surface area contributed by atoms with Crippen molar-refractivity contribution in [2.45, 2.75) is 51.1 Å². The highest BCUT2D eigenvalue weighted by Gasteiger charge is 2.44. The van der Waals surface area contributed by atoms with Gasteiger partial charge < -0.3 is 10.6 Å². The van der Waals surface area contributed by atoms with E-state index in [9.17, 15) is 4.79 Å². The summed E-state index contributed by atoms with van der Waals surface area (Å²) >= 11 is 0. The SMILES string of the molecule is CC(C)(C)c1cc(CN2CCC3(CC2)Nc2ccccc2NC3=O)[nH]n1. The topological polar surface area (TPSA) is 73.0 Å². The molecule has 138 valence electrons. The Morgan fingerprint density at radius 1 is 1.15 bits per heavy atom. The highest BCUT2D eigenvalue weighted by molar-refractivity contribution is 6.06. The van der Waals surface area contributed by atoms with Gasteiger partial charge in [0.05, 0.1) is 17.1 Å². The number of carbonyl (C=O) groups is 1. The number of anilines is 2. The van der Waals surface area contributed by atoms with E-state index in [2.05, 4.69) is 52.6 Å². The zero-order valence-corrected chi connectivity index (χ0v) is 15.7. The fraction of sp³-hybridized carbons (Fsp3) is 0.500. The van der Waals surface area contributed by atoms with Crippen LogP contribution in [-0.2, 0) is 16.8 Å². The van der Waals surface area contributed by atoms with Crippen molar-refractivity contribution < 1.29 is 4.79 Å². The molecule has 26 heavy (non-hydrogen) atoms. The summed E-state index contributed by atoms with van der Waals surface area (Å²) in [7, 11) is 0. The van der Waals surface area contributed by atoms with E-state index in [0.717, 1.165) is 55.2 Å². The molecule has 1 aromatic heterocycles. The van der Waals surface area contributed by atoms with Crippen molar-refractivity contribution in [2.75, 3.05) is 23.7 Å². The van der Waals surface area contributed by atoms with Gasteiger partial charge in [0.25, 0.3) is 0 Å². The van der Waals surface area contributed by atoms with Gasteiger partial charge in [0.1, 0.15) is 5.54 Å². The molecule has 1 amide bonds. The lowest BCUT2D eigenvalue weighted by Gasteiger charge is -2.44. The number of nitrogens with one attached hydrogen (secondary N) is 3. The van der Waals surface area contributed by atoms with Gasteiger partial charge in [-0.3, -0.25) is 14.8 Å². The van der Waals surface area contributed by atoms with E-state index in [1.807, 2.05) is 24.3 Å². The summed E-state index contributed by atoms with van der Waals surface area (Å²) in [5, 5.41) is 14.2. The number of hydrogen-bond donors (Lipinski definition) is 3. The van der Waals surface area contributed by atoms with Crippen molar-refractivity contribution in [3.05, 3.63) is 41.7 Å². The quantitative estimate of drug-likeness (QED) is 0.776. The molecule has 0 atom stereocenters. The maximum atomic E-state index is 12.7. The second-order valence-corrected chi connectivity index (χ2v) is 8.51. The van der Waals surface area contributed by atoms with Gasteiger partial charge in [-0.25, -0.2) is 0 Å². The van der Waals surface area contributed by atoms with Crippen molar-refractivity contribution in [1.29, 1.82) is 0 Å². The molecule has 2 aliphatic heterocycles. The number of likely N-dealkylation sites (tertiary alicyclic amines) is 1. The highest BCUT2D eigenvalue weighted by atomic mass is 16.2. The summed E-state index contributed by atoms with van der Waals surface area (Å²) in [4.78, 5) is 15.1. The molecule has 0 aliphatic carbocycles. The number of benzene rings is 1. The van der Waals surface area contributed by atoms with Crippen LogP contribution in [0.15, 0.2) is 30.3 Å². The van der Waals surface area contributed by atoms with Crippen LogP contribution >= 0.6 is 0 Å². The number of carbonyl (C=O) groups excluding carboxylic acids is 1. The first-order valence-corrected chi connectivity index (χ1v) is 9.32. The van der Waals surface area contributed by atoms with Gasteiger partial charge >= 0.3 is 0 Å². The third-order valence-electron chi connectivity index (χ3n) is 5.49. The van der Waals surface area contributed by atoms with E-state index in [1.165, 1.54) is 0 Å². The average Bonchev–Trinajstić information content (AvgIpc) is 3.07. The van der Waals surface area contributed by atoms with Crippen molar-refractivity contribution in [3.8, 4) is 0 Å². The Balaban J connectivity index is 1.41. The zero-order valence-electron chi connectivity index (χ0n) is 15.7. The Morgan fingerprint density at radius 2 is 1.85 bits per heavy atom. The molecule has 6 nitrogen and oxygen atoms in total. The Hall–Kier alpha value is -2.34. The number of aromatic amines is 1. The van der Waals surface area contributed by atoms with Gasteiger partial charge in [-0.05, 0) is 31.0 Å². The standard InChI is InChI=1S/C20H27N5O/c1-19(2,3)17-12-14(23-24-17)13-25-10-8-20(9-11-25)18(26)21-15-6-4-5-7-16(15)22-20/h4-7,12,22H,8-11,13H2,1-3H3,(H,21,26)(H,23,24). The first-order chi connectivity index (χ1) is 12.4. The molecule has 6 heteroatoms. The van der Waals surface area contributed by atoms with Crippen molar-refractivity contribution in [1.82, 2.24) is 15.1 Å². The highest BCUT2D eigenvalue weighted by Crippen LogP contribution is 2.36. The number of para-hydroxylation sites is 2. The molecule has 1 fully saturated rings. The number of fused-ring (bicyclic) bond motifs is 1. The molecule has 3 N–H and O–H groups in total. The van der Waals surface area contributed by atoms with E-state index in [-0.39, 0.29) is 11.3 Å². The second-order valence-electron chi connectivity index (χ2n) is 8.51. The smallest absolute Gasteiger partial charge is 0.250 e. The van der Waals surface area contributed by atoms with E-state index in [4.69, 9.17) is 0 Å². The van der Waals surface area contributed by atoms with Crippen LogP contribution in [0.4, 0.5) is 11.4 Å². The lowest BCUT2D eigenvalue weighted by molar-refractivity contribution is -0.122. The van der Waals surface area contributed by atoms with E-state index in [1.54, 1.807) is 0 Å². The summed E-state index contributed by atoms with van der Waals surface area (Å²) in [5.41, 5.74) is 3.68. The number of aromatic nitrogens is 2. The minimum absolute atomic E-state index is 0.0538. The fourth-order valence-corrected chi connectivity index (χ4v) is 3.77. The average molecular weight is 353 g/mol. The molecular weight excluding hydrogens is 326 g/mol. The first-order valence-electron chi connectivity index (χ1n) is 9.32. The normalized spacial score (nSPS) is 19.7. The lowest BCUT2D eigenvalue weighted by Crippen LogP contribution is -2.58. The predicted octanol–water partition coefficient (Wildman–Crippen LogP) is 3.11. The van der Waals surface area contributed by atoms with Gasteiger partial charge in [-0.1, -0.05) is 32.9 Å². The summed E-state index contributed by atoms with van der Waals surface area (Å²) in [6.07, 6.45) is 1.60. The Kier molecular flexibility index (Phi) is 4.03. The van der Waals surface area contributed by atoms with E-state index >= 15 is 0 Å². The molecule has 3 heterocycles. The largest absolute Gasteiger partial charge is 0.369 e. The monoisotopic (exact) mass is 353 g/mol. The van der Waals surface area contributed by atoms with Crippen LogP contribution in [-0.4, -0.2) is 39.6 Å². The van der Waals surface area contributed by atoms with Crippen molar-refractivity contribution in [2.24, 2.45) is 0 Å². The number of H-pyrrole nitrogens is 1. The van der Waals surface area contributed by atoms with Gasteiger partial charge in [0.15, 0.2) is 0 Å². The van der Waals surface area contributed by atoms with Gasteiger partial charge in [-0.15, -0.1) is 0 Å². The summed E-state index contributed by atoms with van der Waals surface area (Å²) in [6, 6.07) is 10.1. The number of amides is 1. The van der Waals surface area contributed by atoms with E-state index in [0.29, 0.717) is 0 Å². The molecule has 1 aromatic carbocycles. The summed E-state index contributed by atoms with van der Waals surface area (Å²) in [5.74, 6) is 0.0902. The summed E-state index contributed by atoms with van der Waals surface area (Å²) < 4.78 is 0. The van der Waals surface area contributed by atoms with Crippen molar-refractivity contribution in [3.63, 3.8) is 0 Å². The molecule has 0 bridgehead atoms. The number of hydrogen-bond acceptors (Lipinski definition) is 4. The molecule has 2 aliphatic rings. The van der Waals surface area contributed by atoms with Gasteiger partial charge in [-0.2, -0.15) is 5.10 Å². The molecule has 4 rings (SSSR count). The molecule has 0 radical (unpaired) electrons. The van der Waals surface area contributed by atoms with Gasteiger partial charge in [0.2, 0.25) is 5.91 Å². The Bertz CT molecular complexity index is 812. The Morgan fingerprint density at radius 3 is 2.50 bits per heavy atom. The number of nitrogens with zero attached hydrogens (tertiary/aromatic N) is 2. The zero-order chi connectivity index (χ0) is 18.4.